The number of rotatable bonds is 4. The summed E-state index contributed by atoms with van der Waals surface area (Å²) in [4.78, 5) is 10.8. The van der Waals surface area contributed by atoms with Crippen molar-refractivity contribution >= 4 is 11.8 Å². The van der Waals surface area contributed by atoms with Crippen molar-refractivity contribution in [1.82, 2.24) is 15.0 Å². The summed E-state index contributed by atoms with van der Waals surface area (Å²) in [6.07, 6.45) is -2.33. The van der Waals surface area contributed by atoms with Crippen molar-refractivity contribution < 1.29 is 17.6 Å². The van der Waals surface area contributed by atoms with Crippen molar-refractivity contribution in [3.63, 3.8) is 0 Å². The highest BCUT2D eigenvalue weighted by Gasteiger charge is 2.33. The van der Waals surface area contributed by atoms with E-state index < -0.39 is 17.8 Å². The summed E-state index contributed by atoms with van der Waals surface area (Å²) in [5, 5.41) is 2.66. The van der Waals surface area contributed by atoms with Gasteiger partial charge < -0.3 is 15.5 Å². The summed E-state index contributed by atoms with van der Waals surface area (Å²) in [6.45, 7) is 2.01. The quantitative estimate of drug-likeness (QED) is 0.896. The number of hydrogen-bond donors (Lipinski definition) is 2. The van der Waals surface area contributed by atoms with E-state index >= 15 is 0 Å². The molecular weight excluding hydrogens is 275 g/mol. The molecule has 0 spiro atoms. The lowest BCUT2D eigenvalue weighted by Gasteiger charge is -2.09. The molecule has 2 rings (SSSR count). The number of aryl methyl sites for hydroxylation is 1. The minimum atomic E-state index is -4.58. The van der Waals surface area contributed by atoms with E-state index in [1.54, 1.807) is 6.20 Å². The van der Waals surface area contributed by atoms with Crippen molar-refractivity contribution in [2.45, 2.75) is 26.1 Å². The molecule has 0 amide bonds. The summed E-state index contributed by atoms with van der Waals surface area (Å²) < 4.78 is 43.0. The van der Waals surface area contributed by atoms with E-state index in [1.165, 1.54) is 0 Å². The lowest BCUT2D eigenvalue weighted by atomic mass is 10.3. The van der Waals surface area contributed by atoms with E-state index in [4.69, 9.17) is 10.2 Å². The highest BCUT2D eigenvalue weighted by atomic mass is 19.4. The molecule has 0 aromatic carbocycles. The number of oxazole rings is 1. The fourth-order valence-corrected chi connectivity index (χ4v) is 1.46. The van der Waals surface area contributed by atoms with Crippen LogP contribution in [0, 0.1) is 0 Å². The van der Waals surface area contributed by atoms with E-state index in [2.05, 4.69) is 20.3 Å². The first-order chi connectivity index (χ1) is 9.38. The third kappa shape index (κ3) is 3.37. The van der Waals surface area contributed by atoms with Crippen molar-refractivity contribution in [3.05, 3.63) is 29.6 Å². The molecule has 2 aromatic heterocycles. The Morgan fingerprint density at radius 2 is 2.10 bits per heavy atom. The predicted octanol–water partition coefficient (Wildman–Crippen LogP) is 2.24. The molecular formula is C11H12F3N5O. The van der Waals surface area contributed by atoms with Crippen LogP contribution in [0.1, 0.15) is 24.3 Å². The molecule has 108 valence electrons. The fraction of sp³-hybridized carbons (Fsp3) is 0.364. The zero-order chi connectivity index (χ0) is 14.8. The number of nitrogens with one attached hydrogen (secondary N) is 1. The van der Waals surface area contributed by atoms with E-state index in [-0.39, 0.29) is 12.4 Å². The summed E-state index contributed by atoms with van der Waals surface area (Å²) >= 11 is 0. The maximum absolute atomic E-state index is 12.6. The van der Waals surface area contributed by atoms with Gasteiger partial charge in [0.1, 0.15) is 11.6 Å². The minimum absolute atomic E-state index is 0.0407. The van der Waals surface area contributed by atoms with E-state index in [1.807, 2.05) is 6.92 Å². The third-order valence-electron chi connectivity index (χ3n) is 2.40. The predicted molar refractivity (Wildman–Crippen MR) is 64.7 cm³/mol. The van der Waals surface area contributed by atoms with Crippen LogP contribution >= 0.6 is 0 Å². The SMILES string of the molecule is CCc1cnc(CNc2cc(C(F)(F)F)nc(N)n2)o1. The lowest BCUT2D eigenvalue weighted by Crippen LogP contribution is -2.13. The number of halogens is 3. The van der Waals surface area contributed by atoms with Crippen LogP contribution in [0.2, 0.25) is 0 Å². The topological polar surface area (TPSA) is 89.9 Å². The second kappa shape index (κ2) is 5.35. The average Bonchev–Trinajstić information content (AvgIpc) is 2.82. The first-order valence-corrected chi connectivity index (χ1v) is 5.77. The van der Waals surface area contributed by atoms with Crippen LogP contribution in [0.25, 0.3) is 0 Å². The van der Waals surface area contributed by atoms with Crippen molar-refractivity contribution in [3.8, 4) is 0 Å². The van der Waals surface area contributed by atoms with Gasteiger partial charge in [0.2, 0.25) is 11.8 Å². The van der Waals surface area contributed by atoms with Gasteiger partial charge in [0.25, 0.3) is 0 Å². The zero-order valence-corrected chi connectivity index (χ0v) is 10.5. The van der Waals surface area contributed by atoms with Gasteiger partial charge in [-0.3, -0.25) is 0 Å². The Morgan fingerprint density at radius 1 is 1.35 bits per heavy atom. The van der Waals surface area contributed by atoms with Gasteiger partial charge in [-0.15, -0.1) is 0 Å². The number of hydrogen-bond acceptors (Lipinski definition) is 6. The van der Waals surface area contributed by atoms with Gasteiger partial charge in [-0.05, 0) is 0 Å². The summed E-state index contributed by atoms with van der Waals surface area (Å²) in [5.41, 5.74) is 4.15. The van der Waals surface area contributed by atoms with Crippen LogP contribution in [-0.4, -0.2) is 15.0 Å². The first-order valence-electron chi connectivity index (χ1n) is 5.77. The van der Waals surface area contributed by atoms with Crippen molar-refractivity contribution in [2.24, 2.45) is 0 Å². The Labute approximate surface area is 112 Å². The van der Waals surface area contributed by atoms with Crippen molar-refractivity contribution in [2.75, 3.05) is 11.1 Å². The normalized spacial score (nSPS) is 11.6. The van der Waals surface area contributed by atoms with Crippen LogP contribution < -0.4 is 11.1 Å². The molecule has 0 atom stereocenters. The van der Waals surface area contributed by atoms with Crippen LogP contribution in [0.4, 0.5) is 24.9 Å². The third-order valence-corrected chi connectivity index (χ3v) is 2.40. The molecule has 0 radical (unpaired) electrons. The highest BCUT2D eigenvalue weighted by molar-refractivity contribution is 5.41. The molecule has 0 saturated heterocycles. The Morgan fingerprint density at radius 3 is 2.70 bits per heavy atom. The minimum Gasteiger partial charge on any atom is -0.444 e. The van der Waals surface area contributed by atoms with Crippen LogP contribution in [0.15, 0.2) is 16.7 Å². The van der Waals surface area contributed by atoms with Gasteiger partial charge in [0.15, 0.2) is 5.69 Å². The zero-order valence-electron chi connectivity index (χ0n) is 10.5. The average molecular weight is 287 g/mol. The highest BCUT2D eigenvalue weighted by Crippen LogP contribution is 2.29. The van der Waals surface area contributed by atoms with Crippen molar-refractivity contribution in [1.29, 1.82) is 0 Å². The molecule has 9 heteroatoms. The fourth-order valence-electron chi connectivity index (χ4n) is 1.46. The van der Waals surface area contributed by atoms with Gasteiger partial charge >= 0.3 is 6.18 Å². The molecule has 0 fully saturated rings. The summed E-state index contributed by atoms with van der Waals surface area (Å²) in [5.74, 6) is 0.553. The smallest absolute Gasteiger partial charge is 0.433 e. The van der Waals surface area contributed by atoms with Gasteiger partial charge in [0, 0.05) is 12.5 Å². The molecule has 2 heterocycles. The number of anilines is 2. The second-order valence-corrected chi connectivity index (χ2v) is 3.92. The Bertz CT molecular complexity index is 596. The van der Waals surface area contributed by atoms with Gasteiger partial charge in [-0.2, -0.15) is 18.2 Å². The standard InChI is InChI=1S/C11H12F3N5O/c1-2-6-4-17-9(20-6)5-16-8-3-7(11(12,13)14)18-10(15)19-8/h3-4H,2,5H2,1H3,(H3,15,16,18,19). The maximum Gasteiger partial charge on any atom is 0.433 e. The van der Waals surface area contributed by atoms with Crippen LogP contribution in [-0.2, 0) is 19.1 Å². The number of nitrogens with zero attached hydrogens (tertiary/aromatic N) is 3. The van der Waals surface area contributed by atoms with Gasteiger partial charge in [0.05, 0.1) is 12.7 Å². The Hall–Kier alpha value is -2.32. The molecule has 0 aliphatic carbocycles. The molecule has 0 aliphatic heterocycles. The molecule has 2 aromatic rings. The number of nitrogen functional groups attached to an aromatic ring is 1. The molecule has 0 aliphatic rings. The maximum atomic E-state index is 12.6. The van der Waals surface area contributed by atoms with Crippen LogP contribution in [0.5, 0.6) is 0 Å². The largest absolute Gasteiger partial charge is 0.444 e. The molecule has 0 unspecified atom stereocenters. The Balaban J connectivity index is 2.11. The molecule has 0 saturated carbocycles. The number of aromatic nitrogens is 3. The molecule has 20 heavy (non-hydrogen) atoms. The molecule has 0 bridgehead atoms. The van der Waals surface area contributed by atoms with Gasteiger partial charge in [-0.1, -0.05) is 6.92 Å². The summed E-state index contributed by atoms with van der Waals surface area (Å²) in [7, 11) is 0. The Kier molecular flexibility index (Phi) is 3.77. The first kappa shape index (κ1) is 14.1. The number of nitrogens with two attached hydrogens (primary N) is 1. The number of alkyl halides is 3. The van der Waals surface area contributed by atoms with Gasteiger partial charge in [-0.25, -0.2) is 9.97 Å². The van der Waals surface area contributed by atoms with E-state index in [9.17, 15) is 13.2 Å². The molecule has 6 nitrogen and oxygen atoms in total. The van der Waals surface area contributed by atoms with E-state index in [0.717, 1.165) is 6.07 Å². The summed E-state index contributed by atoms with van der Waals surface area (Å²) in [6, 6.07) is 0.778. The monoisotopic (exact) mass is 287 g/mol. The second-order valence-electron chi connectivity index (χ2n) is 3.92. The van der Waals surface area contributed by atoms with Crippen LogP contribution in [0.3, 0.4) is 0 Å². The van der Waals surface area contributed by atoms with E-state index in [0.29, 0.717) is 18.1 Å². The molecule has 3 N–H and O–H groups in total. The lowest BCUT2D eigenvalue weighted by molar-refractivity contribution is -0.141.